The third kappa shape index (κ3) is 3.04. The number of fused-ring (bicyclic) bond motifs is 1. The maximum atomic E-state index is 12.7. The third-order valence-electron chi connectivity index (χ3n) is 4.51. The lowest BCUT2D eigenvalue weighted by Crippen LogP contribution is -2.25. The first-order valence-electron chi connectivity index (χ1n) is 8.11. The number of carbonyl (C=O) groups excluding carboxylic acids is 1. The Kier molecular flexibility index (Phi) is 4.63. The van der Waals surface area contributed by atoms with Gasteiger partial charge in [0.25, 0.3) is 5.91 Å². The highest BCUT2D eigenvalue weighted by molar-refractivity contribution is 6.30. The van der Waals surface area contributed by atoms with Crippen molar-refractivity contribution in [3.05, 3.63) is 69.9 Å². The number of hydrogen-bond acceptors (Lipinski definition) is 1. The van der Waals surface area contributed by atoms with E-state index in [0.717, 1.165) is 28.5 Å². The van der Waals surface area contributed by atoms with Crippen LogP contribution < -0.4 is 5.32 Å². The van der Waals surface area contributed by atoms with Crippen LogP contribution >= 0.6 is 11.6 Å². The van der Waals surface area contributed by atoms with Crippen LogP contribution in [0.5, 0.6) is 0 Å². The predicted octanol–water partition coefficient (Wildman–Crippen LogP) is 4.63. The van der Waals surface area contributed by atoms with Crippen molar-refractivity contribution in [2.45, 2.75) is 26.8 Å². The summed E-state index contributed by atoms with van der Waals surface area (Å²) < 4.78 is 1.97. The zero-order valence-corrected chi connectivity index (χ0v) is 14.9. The maximum Gasteiger partial charge on any atom is 0.268 e. The molecule has 0 unspecified atom stereocenters. The van der Waals surface area contributed by atoms with Crippen molar-refractivity contribution in [3.8, 4) is 0 Å². The van der Waals surface area contributed by atoms with E-state index in [-0.39, 0.29) is 5.91 Å². The Labute approximate surface area is 147 Å². The zero-order valence-electron chi connectivity index (χ0n) is 14.2. The van der Waals surface area contributed by atoms with Crippen molar-refractivity contribution < 1.29 is 4.79 Å². The monoisotopic (exact) mass is 340 g/mol. The Bertz CT molecular complexity index is 894. The fourth-order valence-electron chi connectivity index (χ4n) is 3.09. The number of aryl methyl sites for hydroxylation is 3. The summed E-state index contributed by atoms with van der Waals surface area (Å²) >= 11 is 5.89. The molecule has 0 saturated heterocycles. The zero-order chi connectivity index (χ0) is 17.3. The average molecular weight is 341 g/mol. The molecular weight excluding hydrogens is 320 g/mol. The number of rotatable bonds is 4. The van der Waals surface area contributed by atoms with Crippen LogP contribution in [0.25, 0.3) is 10.9 Å². The second kappa shape index (κ2) is 6.70. The molecule has 24 heavy (non-hydrogen) atoms. The summed E-state index contributed by atoms with van der Waals surface area (Å²) in [6.45, 7) is 4.63. The van der Waals surface area contributed by atoms with Crippen LogP contribution in [0.1, 0.15) is 34.1 Å². The van der Waals surface area contributed by atoms with Crippen LogP contribution in [-0.2, 0) is 20.0 Å². The molecule has 2 aromatic carbocycles. The highest BCUT2D eigenvalue weighted by Crippen LogP contribution is 2.26. The molecule has 0 aliphatic rings. The summed E-state index contributed by atoms with van der Waals surface area (Å²) in [6.07, 6.45) is 0.988. The van der Waals surface area contributed by atoms with Crippen molar-refractivity contribution >= 4 is 28.4 Å². The van der Waals surface area contributed by atoms with E-state index < -0.39 is 0 Å². The van der Waals surface area contributed by atoms with Crippen LogP contribution in [0.15, 0.2) is 42.5 Å². The molecule has 3 aromatic rings. The van der Waals surface area contributed by atoms with E-state index >= 15 is 0 Å². The first kappa shape index (κ1) is 16.6. The summed E-state index contributed by atoms with van der Waals surface area (Å²) in [5.41, 5.74) is 5.13. The summed E-state index contributed by atoms with van der Waals surface area (Å²) in [6, 6.07) is 13.9. The molecule has 0 atom stereocenters. The molecule has 4 heteroatoms. The van der Waals surface area contributed by atoms with Crippen molar-refractivity contribution in [3.63, 3.8) is 0 Å². The van der Waals surface area contributed by atoms with Crippen molar-refractivity contribution in [2.75, 3.05) is 0 Å². The van der Waals surface area contributed by atoms with Gasteiger partial charge >= 0.3 is 0 Å². The van der Waals surface area contributed by atoms with Gasteiger partial charge in [-0.3, -0.25) is 4.79 Å². The van der Waals surface area contributed by atoms with E-state index in [1.54, 1.807) is 0 Å². The van der Waals surface area contributed by atoms with Crippen LogP contribution in [0.4, 0.5) is 0 Å². The topological polar surface area (TPSA) is 34.0 Å². The largest absolute Gasteiger partial charge is 0.347 e. The SMILES string of the molecule is CCc1ccc2c(c1)c(C)c(C(=O)NCc1ccc(Cl)cc1)n2C. The lowest BCUT2D eigenvalue weighted by Gasteiger charge is -2.08. The highest BCUT2D eigenvalue weighted by atomic mass is 35.5. The number of nitrogens with zero attached hydrogens (tertiary/aromatic N) is 1. The third-order valence-corrected chi connectivity index (χ3v) is 4.76. The summed E-state index contributed by atoms with van der Waals surface area (Å²) in [5, 5.41) is 4.85. The molecule has 0 aliphatic carbocycles. The van der Waals surface area contributed by atoms with E-state index in [4.69, 9.17) is 11.6 Å². The van der Waals surface area contributed by atoms with Gasteiger partial charge in [0.05, 0.1) is 0 Å². The molecule has 0 fully saturated rings. The average Bonchev–Trinajstić information content (AvgIpc) is 2.84. The van der Waals surface area contributed by atoms with Gasteiger partial charge in [0.2, 0.25) is 0 Å². The Morgan fingerprint density at radius 1 is 1.12 bits per heavy atom. The fraction of sp³-hybridized carbons (Fsp3) is 0.250. The predicted molar refractivity (Wildman–Crippen MR) is 99.7 cm³/mol. The molecule has 1 heterocycles. The van der Waals surface area contributed by atoms with Crippen LogP contribution in [-0.4, -0.2) is 10.5 Å². The van der Waals surface area contributed by atoms with E-state index in [2.05, 4.69) is 30.4 Å². The molecule has 0 aliphatic heterocycles. The first-order chi connectivity index (χ1) is 11.5. The number of amides is 1. The van der Waals surface area contributed by atoms with Crippen LogP contribution in [0.3, 0.4) is 0 Å². The van der Waals surface area contributed by atoms with E-state index in [1.165, 1.54) is 5.56 Å². The summed E-state index contributed by atoms with van der Waals surface area (Å²) in [5.74, 6) is -0.0563. The highest BCUT2D eigenvalue weighted by Gasteiger charge is 2.18. The molecular formula is C20H21ClN2O. The van der Waals surface area contributed by atoms with E-state index in [1.807, 2.05) is 42.8 Å². The molecule has 0 radical (unpaired) electrons. The molecule has 124 valence electrons. The molecule has 0 bridgehead atoms. The fourth-order valence-corrected chi connectivity index (χ4v) is 3.21. The first-order valence-corrected chi connectivity index (χ1v) is 8.49. The Balaban J connectivity index is 1.88. The van der Waals surface area contributed by atoms with Gasteiger partial charge in [-0.25, -0.2) is 0 Å². The van der Waals surface area contributed by atoms with Crippen LogP contribution in [0, 0.1) is 6.92 Å². The van der Waals surface area contributed by atoms with E-state index in [9.17, 15) is 4.79 Å². The van der Waals surface area contributed by atoms with Gasteiger partial charge < -0.3 is 9.88 Å². The molecule has 1 amide bonds. The normalized spacial score (nSPS) is 11.0. The molecule has 3 rings (SSSR count). The van der Waals surface area contributed by atoms with Gasteiger partial charge in [-0.1, -0.05) is 36.7 Å². The quantitative estimate of drug-likeness (QED) is 0.738. The number of halogens is 1. The minimum Gasteiger partial charge on any atom is -0.347 e. The number of carbonyl (C=O) groups is 1. The molecule has 0 saturated carbocycles. The smallest absolute Gasteiger partial charge is 0.268 e. The van der Waals surface area contributed by atoms with Gasteiger partial charge in [-0.15, -0.1) is 0 Å². The van der Waals surface area contributed by atoms with Gasteiger partial charge in [0.1, 0.15) is 5.69 Å². The van der Waals surface area contributed by atoms with Gasteiger partial charge in [0, 0.05) is 29.5 Å². The summed E-state index contributed by atoms with van der Waals surface area (Å²) in [7, 11) is 1.94. The van der Waals surface area contributed by atoms with Crippen molar-refractivity contribution in [2.24, 2.45) is 7.05 Å². The minimum atomic E-state index is -0.0563. The molecule has 1 aromatic heterocycles. The number of benzene rings is 2. The second-order valence-corrected chi connectivity index (χ2v) is 6.48. The Hall–Kier alpha value is -2.26. The molecule has 0 spiro atoms. The lowest BCUT2D eigenvalue weighted by atomic mass is 10.1. The van der Waals surface area contributed by atoms with Crippen LogP contribution in [0.2, 0.25) is 5.02 Å². The van der Waals surface area contributed by atoms with Crippen molar-refractivity contribution in [1.29, 1.82) is 0 Å². The van der Waals surface area contributed by atoms with E-state index in [0.29, 0.717) is 17.3 Å². The molecule has 1 N–H and O–H groups in total. The van der Waals surface area contributed by atoms with Gasteiger partial charge in [0.15, 0.2) is 0 Å². The number of nitrogens with one attached hydrogen (secondary N) is 1. The standard InChI is InChI=1S/C20H21ClN2O/c1-4-14-7-10-18-17(11-14)13(2)19(23(18)3)20(24)22-12-15-5-8-16(21)9-6-15/h5-11H,4,12H2,1-3H3,(H,22,24). The molecule has 3 nitrogen and oxygen atoms in total. The summed E-state index contributed by atoms with van der Waals surface area (Å²) in [4.78, 5) is 12.7. The minimum absolute atomic E-state index is 0.0563. The Morgan fingerprint density at radius 2 is 1.79 bits per heavy atom. The van der Waals surface area contributed by atoms with Gasteiger partial charge in [-0.05, 0) is 54.3 Å². The van der Waals surface area contributed by atoms with Gasteiger partial charge in [-0.2, -0.15) is 0 Å². The maximum absolute atomic E-state index is 12.7. The van der Waals surface area contributed by atoms with Crippen molar-refractivity contribution in [1.82, 2.24) is 9.88 Å². The second-order valence-electron chi connectivity index (χ2n) is 6.05. The number of aromatic nitrogens is 1. The lowest BCUT2D eigenvalue weighted by molar-refractivity contribution is 0.0942. The Morgan fingerprint density at radius 3 is 2.46 bits per heavy atom. The number of hydrogen-bond donors (Lipinski definition) is 1.